The van der Waals surface area contributed by atoms with Crippen molar-refractivity contribution < 1.29 is 9.47 Å². The highest BCUT2D eigenvalue weighted by Crippen LogP contribution is 2.25. The number of hydrogen-bond acceptors (Lipinski definition) is 3. The summed E-state index contributed by atoms with van der Waals surface area (Å²) in [6, 6.07) is 6.37. The van der Waals surface area contributed by atoms with Crippen molar-refractivity contribution >= 4 is 0 Å². The minimum absolute atomic E-state index is 0.441. The number of benzene rings is 1. The maximum absolute atomic E-state index is 5.37. The highest BCUT2D eigenvalue weighted by atomic mass is 16.5. The zero-order valence-corrected chi connectivity index (χ0v) is 11.2. The van der Waals surface area contributed by atoms with Gasteiger partial charge in [0.25, 0.3) is 0 Å². The molecule has 0 amide bonds. The highest BCUT2D eigenvalue weighted by Gasteiger charge is 2.09. The Morgan fingerprint density at radius 3 is 2.59 bits per heavy atom. The van der Waals surface area contributed by atoms with Crippen molar-refractivity contribution in [2.75, 3.05) is 20.8 Å². The Morgan fingerprint density at radius 1 is 1.24 bits per heavy atom. The molecule has 3 heteroatoms. The van der Waals surface area contributed by atoms with Gasteiger partial charge in [-0.25, -0.2) is 0 Å². The molecule has 0 aliphatic carbocycles. The molecule has 0 radical (unpaired) electrons. The molecule has 1 atom stereocenters. The van der Waals surface area contributed by atoms with Crippen molar-refractivity contribution in [3.05, 3.63) is 23.8 Å². The molecule has 0 aromatic heterocycles. The Morgan fingerprint density at radius 2 is 2.00 bits per heavy atom. The quantitative estimate of drug-likeness (QED) is 0.791. The zero-order chi connectivity index (χ0) is 12.7. The van der Waals surface area contributed by atoms with Crippen LogP contribution in [0.15, 0.2) is 18.2 Å². The summed E-state index contributed by atoms with van der Waals surface area (Å²) >= 11 is 0. The molecule has 96 valence electrons. The molecule has 0 fully saturated rings. The predicted octanol–water partition coefficient (Wildman–Crippen LogP) is 2.63. The third-order valence-electron chi connectivity index (χ3n) is 2.76. The Balaban J connectivity index is 2.72. The van der Waals surface area contributed by atoms with Crippen LogP contribution in [0.2, 0.25) is 0 Å². The molecular weight excluding hydrogens is 214 g/mol. The molecule has 0 saturated carbocycles. The van der Waals surface area contributed by atoms with Crippen LogP contribution < -0.4 is 14.8 Å². The fourth-order valence-electron chi connectivity index (χ4n) is 1.83. The Hall–Kier alpha value is -1.22. The van der Waals surface area contributed by atoms with Crippen LogP contribution in [0.3, 0.4) is 0 Å². The lowest BCUT2D eigenvalue weighted by atomic mass is 10.1. The second-order valence-corrected chi connectivity index (χ2v) is 4.24. The van der Waals surface area contributed by atoms with Crippen molar-refractivity contribution in [2.24, 2.45) is 0 Å². The van der Waals surface area contributed by atoms with Gasteiger partial charge in [-0.2, -0.15) is 0 Å². The predicted molar refractivity (Wildman–Crippen MR) is 71.0 cm³/mol. The van der Waals surface area contributed by atoms with Crippen LogP contribution >= 0.6 is 0 Å². The second-order valence-electron chi connectivity index (χ2n) is 4.24. The molecule has 1 aromatic carbocycles. The fourth-order valence-corrected chi connectivity index (χ4v) is 1.83. The van der Waals surface area contributed by atoms with E-state index in [4.69, 9.17) is 9.47 Å². The van der Waals surface area contributed by atoms with Crippen molar-refractivity contribution in [3.8, 4) is 11.5 Å². The summed E-state index contributed by atoms with van der Waals surface area (Å²) < 4.78 is 10.6. The molecule has 0 saturated heterocycles. The third-order valence-corrected chi connectivity index (χ3v) is 2.76. The van der Waals surface area contributed by atoms with E-state index in [9.17, 15) is 0 Å². The Kier molecular flexibility index (Phi) is 5.84. The Bertz CT molecular complexity index is 339. The van der Waals surface area contributed by atoms with Crippen molar-refractivity contribution in [3.63, 3.8) is 0 Å². The van der Waals surface area contributed by atoms with Gasteiger partial charge < -0.3 is 14.8 Å². The van der Waals surface area contributed by atoms with Gasteiger partial charge >= 0.3 is 0 Å². The van der Waals surface area contributed by atoms with Crippen LogP contribution in [0.5, 0.6) is 11.5 Å². The zero-order valence-electron chi connectivity index (χ0n) is 11.2. The fraction of sp³-hybridized carbons (Fsp3) is 0.571. The van der Waals surface area contributed by atoms with E-state index in [2.05, 4.69) is 19.2 Å². The van der Waals surface area contributed by atoms with Crippen molar-refractivity contribution in [1.82, 2.24) is 5.32 Å². The lowest BCUT2D eigenvalue weighted by molar-refractivity contribution is 0.395. The first-order valence-corrected chi connectivity index (χ1v) is 6.15. The minimum atomic E-state index is 0.441. The molecule has 1 N–H and O–H groups in total. The van der Waals surface area contributed by atoms with Gasteiger partial charge in [-0.1, -0.05) is 6.92 Å². The van der Waals surface area contributed by atoms with Crippen molar-refractivity contribution in [2.45, 2.75) is 32.7 Å². The first kappa shape index (κ1) is 13.8. The molecule has 0 bridgehead atoms. The first-order valence-electron chi connectivity index (χ1n) is 6.15. The van der Waals surface area contributed by atoms with E-state index in [0.29, 0.717) is 6.04 Å². The molecule has 1 unspecified atom stereocenters. The number of hydrogen-bond donors (Lipinski definition) is 1. The van der Waals surface area contributed by atoms with E-state index in [1.165, 1.54) is 5.56 Å². The average Bonchev–Trinajstić information content (AvgIpc) is 2.36. The van der Waals surface area contributed by atoms with E-state index >= 15 is 0 Å². The van der Waals surface area contributed by atoms with Gasteiger partial charge in [0.05, 0.1) is 14.2 Å². The monoisotopic (exact) mass is 237 g/mol. The number of ether oxygens (including phenoxy) is 2. The smallest absolute Gasteiger partial charge is 0.122 e. The molecule has 1 rings (SSSR count). The Labute approximate surface area is 104 Å². The van der Waals surface area contributed by atoms with Gasteiger partial charge in [0.1, 0.15) is 11.5 Å². The standard InChI is InChI=1S/C14H23NO2/c1-5-8-15-11(2)9-12-10-13(16-3)6-7-14(12)17-4/h6-7,10-11,15H,5,8-9H2,1-4H3. The molecule has 3 nitrogen and oxygen atoms in total. The van der Waals surface area contributed by atoms with E-state index in [1.807, 2.05) is 18.2 Å². The highest BCUT2D eigenvalue weighted by molar-refractivity contribution is 5.40. The van der Waals surface area contributed by atoms with Gasteiger partial charge in [-0.05, 0) is 50.1 Å². The van der Waals surface area contributed by atoms with Gasteiger partial charge in [-0.15, -0.1) is 0 Å². The molecule has 0 aliphatic heterocycles. The number of rotatable bonds is 7. The van der Waals surface area contributed by atoms with Crippen LogP contribution in [0.4, 0.5) is 0 Å². The SMILES string of the molecule is CCCNC(C)Cc1cc(OC)ccc1OC. The first-order chi connectivity index (χ1) is 8.21. The summed E-state index contributed by atoms with van der Waals surface area (Å²) in [6.45, 7) is 5.41. The van der Waals surface area contributed by atoms with Crippen LogP contribution in [-0.4, -0.2) is 26.8 Å². The summed E-state index contributed by atoms with van der Waals surface area (Å²) in [5.41, 5.74) is 1.18. The van der Waals surface area contributed by atoms with E-state index in [-0.39, 0.29) is 0 Å². The van der Waals surface area contributed by atoms with Crippen LogP contribution in [0.1, 0.15) is 25.8 Å². The lowest BCUT2D eigenvalue weighted by Crippen LogP contribution is -2.28. The maximum Gasteiger partial charge on any atom is 0.122 e. The lowest BCUT2D eigenvalue weighted by Gasteiger charge is -2.16. The summed E-state index contributed by atoms with van der Waals surface area (Å²) in [5, 5.41) is 3.47. The molecule has 1 aromatic rings. The summed E-state index contributed by atoms with van der Waals surface area (Å²) in [7, 11) is 3.39. The second kappa shape index (κ2) is 7.17. The van der Waals surface area contributed by atoms with Gasteiger partial charge in [0.15, 0.2) is 0 Å². The van der Waals surface area contributed by atoms with Gasteiger partial charge in [-0.3, -0.25) is 0 Å². The number of nitrogens with one attached hydrogen (secondary N) is 1. The van der Waals surface area contributed by atoms with Crippen LogP contribution in [0.25, 0.3) is 0 Å². The average molecular weight is 237 g/mol. The van der Waals surface area contributed by atoms with Crippen molar-refractivity contribution in [1.29, 1.82) is 0 Å². The van der Waals surface area contributed by atoms with Gasteiger partial charge in [0, 0.05) is 6.04 Å². The van der Waals surface area contributed by atoms with E-state index in [1.54, 1.807) is 14.2 Å². The molecule has 17 heavy (non-hydrogen) atoms. The molecule has 0 heterocycles. The topological polar surface area (TPSA) is 30.5 Å². The van der Waals surface area contributed by atoms with Crippen LogP contribution in [0, 0.1) is 0 Å². The van der Waals surface area contributed by atoms with E-state index < -0.39 is 0 Å². The maximum atomic E-state index is 5.37. The largest absolute Gasteiger partial charge is 0.497 e. The summed E-state index contributed by atoms with van der Waals surface area (Å²) in [6.07, 6.45) is 2.10. The van der Waals surface area contributed by atoms with E-state index in [0.717, 1.165) is 30.9 Å². The molecular formula is C14H23NO2. The summed E-state index contributed by atoms with van der Waals surface area (Å²) in [5.74, 6) is 1.81. The minimum Gasteiger partial charge on any atom is -0.497 e. The summed E-state index contributed by atoms with van der Waals surface area (Å²) in [4.78, 5) is 0. The third kappa shape index (κ3) is 4.27. The molecule has 0 aliphatic rings. The number of methoxy groups -OCH3 is 2. The normalized spacial score (nSPS) is 12.2. The molecule has 0 spiro atoms. The van der Waals surface area contributed by atoms with Gasteiger partial charge in [0.2, 0.25) is 0 Å². The van der Waals surface area contributed by atoms with Crippen LogP contribution in [-0.2, 0) is 6.42 Å².